The lowest BCUT2D eigenvalue weighted by atomic mass is 10.1. The standard InChI is InChI=1S/C20H13Cl2NO4/c21-12-9-17-19(18(22)10-12)23-11-20(17,26-15-5-1-13(24)2-6-15)27-16-7-3-14(25)4-8-16/h1-11,24-25H. The molecule has 3 aromatic carbocycles. The van der Waals surface area contributed by atoms with Crippen LogP contribution in [0, 0.1) is 0 Å². The molecule has 0 aromatic heterocycles. The van der Waals surface area contributed by atoms with E-state index in [1.807, 2.05) is 0 Å². The van der Waals surface area contributed by atoms with Crippen molar-refractivity contribution in [2.45, 2.75) is 5.79 Å². The van der Waals surface area contributed by atoms with Crippen molar-refractivity contribution in [3.05, 3.63) is 76.3 Å². The Kier molecular flexibility index (Phi) is 4.34. The number of ether oxygens (including phenoxy) is 2. The molecule has 0 saturated carbocycles. The smallest absolute Gasteiger partial charge is 0.318 e. The molecule has 0 unspecified atom stereocenters. The molecule has 27 heavy (non-hydrogen) atoms. The minimum atomic E-state index is -1.42. The zero-order valence-electron chi connectivity index (χ0n) is 13.8. The summed E-state index contributed by atoms with van der Waals surface area (Å²) in [4.78, 5) is 4.36. The molecular weight excluding hydrogens is 389 g/mol. The van der Waals surface area contributed by atoms with Gasteiger partial charge in [-0.1, -0.05) is 23.2 Å². The van der Waals surface area contributed by atoms with Gasteiger partial charge < -0.3 is 19.7 Å². The van der Waals surface area contributed by atoms with Crippen LogP contribution in [0.1, 0.15) is 5.56 Å². The average Bonchev–Trinajstić information content (AvgIpc) is 2.98. The number of aromatic hydroxyl groups is 2. The van der Waals surface area contributed by atoms with Crippen LogP contribution in [0.25, 0.3) is 0 Å². The number of phenols is 2. The van der Waals surface area contributed by atoms with Gasteiger partial charge in [-0.15, -0.1) is 0 Å². The molecule has 0 radical (unpaired) electrons. The predicted molar refractivity (Wildman–Crippen MR) is 104 cm³/mol. The molecule has 1 aliphatic heterocycles. The summed E-state index contributed by atoms with van der Waals surface area (Å²) in [6.45, 7) is 0. The van der Waals surface area contributed by atoms with Gasteiger partial charge in [0.2, 0.25) is 0 Å². The van der Waals surface area contributed by atoms with Crippen LogP contribution in [0.15, 0.2) is 65.7 Å². The molecule has 0 fully saturated rings. The van der Waals surface area contributed by atoms with Gasteiger partial charge in [0.15, 0.2) is 0 Å². The number of nitrogens with zero attached hydrogens (tertiary/aromatic N) is 1. The van der Waals surface area contributed by atoms with Gasteiger partial charge in [0, 0.05) is 5.02 Å². The molecular formula is C20H13Cl2NO4. The number of hydrogen-bond donors (Lipinski definition) is 2. The fourth-order valence-corrected chi connectivity index (χ4v) is 3.29. The first-order valence-electron chi connectivity index (χ1n) is 7.96. The summed E-state index contributed by atoms with van der Waals surface area (Å²) >= 11 is 12.5. The van der Waals surface area contributed by atoms with E-state index in [9.17, 15) is 10.2 Å². The molecule has 7 heteroatoms. The molecule has 1 heterocycles. The van der Waals surface area contributed by atoms with E-state index in [1.165, 1.54) is 30.5 Å². The monoisotopic (exact) mass is 401 g/mol. The van der Waals surface area contributed by atoms with Crippen molar-refractivity contribution in [3.63, 3.8) is 0 Å². The number of fused-ring (bicyclic) bond motifs is 1. The Labute approximate surface area is 165 Å². The van der Waals surface area contributed by atoms with E-state index >= 15 is 0 Å². The molecule has 3 aromatic rings. The van der Waals surface area contributed by atoms with Crippen molar-refractivity contribution in [1.29, 1.82) is 0 Å². The quantitative estimate of drug-likeness (QED) is 0.571. The maximum Gasteiger partial charge on any atom is 0.318 e. The highest BCUT2D eigenvalue weighted by molar-refractivity contribution is 6.36. The third kappa shape index (κ3) is 3.39. The maximum absolute atomic E-state index is 9.50. The summed E-state index contributed by atoms with van der Waals surface area (Å²) < 4.78 is 12.3. The Morgan fingerprint density at radius 1 is 0.778 bits per heavy atom. The zero-order valence-corrected chi connectivity index (χ0v) is 15.3. The summed E-state index contributed by atoms with van der Waals surface area (Å²) in [6, 6.07) is 15.7. The van der Waals surface area contributed by atoms with Crippen molar-refractivity contribution >= 4 is 35.1 Å². The van der Waals surface area contributed by atoms with Crippen LogP contribution >= 0.6 is 23.2 Å². The van der Waals surface area contributed by atoms with Crippen LogP contribution in [0.4, 0.5) is 5.69 Å². The molecule has 0 amide bonds. The van der Waals surface area contributed by atoms with Gasteiger partial charge in [0.25, 0.3) is 0 Å². The first-order valence-corrected chi connectivity index (χ1v) is 8.72. The number of hydrogen-bond acceptors (Lipinski definition) is 5. The number of aliphatic imine (C=N–C) groups is 1. The second kappa shape index (κ2) is 6.68. The zero-order chi connectivity index (χ0) is 19.0. The van der Waals surface area contributed by atoms with E-state index in [1.54, 1.807) is 36.4 Å². The van der Waals surface area contributed by atoms with Crippen molar-refractivity contribution in [2.24, 2.45) is 4.99 Å². The highest BCUT2D eigenvalue weighted by atomic mass is 35.5. The Hall–Kier alpha value is -2.89. The average molecular weight is 402 g/mol. The minimum Gasteiger partial charge on any atom is -0.508 e. The fourth-order valence-electron chi connectivity index (χ4n) is 2.74. The predicted octanol–water partition coefficient (Wildman–Crippen LogP) is 5.43. The van der Waals surface area contributed by atoms with Crippen molar-refractivity contribution in [2.75, 3.05) is 0 Å². The lowest BCUT2D eigenvalue weighted by Crippen LogP contribution is -2.39. The molecule has 4 rings (SSSR count). The topological polar surface area (TPSA) is 71.3 Å². The van der Waals surface area contributed by atoms with Gasteiger partial charge in [-0.2, -0.15) is 0 Å². The van der Waals surface area contributed by atoms with Crippen LogP contribution < -0.4 is 9.47 Å². The molecule has 0 saturated heterocycles. The normalized spacial score (nSPS) is 14.0. The van der Waals surface area contributed by atoms with Gasteiger partial charge in [-0.05, 0) is 60.7 Å². The van der Waals surface area contributed by atoms with E-state index in [-0.39, 0.29) is 11.5 Å². The first kappa shape index (κ1) is 17.5. The van der Waals surface area contributed by atoms with Crippen LogP contribution in [0.2, 0.25) is 10.0 Å². The van der Waals surface area contributed by atoms with E-state index in [2.05, 4.69) is 4.99 Å². The lowest BCUT2D eigenvalue weighted by Gasteiger charge is -2.29. The highest BCUT2D eigenvalue weighted by Crippen LogP contribution is 2.45. The first-order chi connectivity index (χ1) is 12.9. The van der Waals surface area contributed by atoms with Gasteiger partial charge in [0.05, 0.1) is 22.5 Å². The van der Waals surface area contributed by atoms with E-state index in [0.29, 0.717) is 32.8 Å². The molecule has 1 aliphatic rings. The summed E-state index contributed by atoms with van der Waals surface area (Å²) in [5.74, 6) is -0.300. The van der Waals surface area contributed by atoms with Crippen LogP contribution in [-0.2, 0) is 5.79 Å². The van der Waals surface area contributed by atoms with Gasteiger partial charge in [-0.25, -0.2) is 0 Å². The summed E-state index contributed by atoms with van der Waals surface area (Å²) in [6.07, 6.45) is 1.50. The molecule has 0 atom stereocenters. The fraction of sp³-hybridized carbons (Fsp3) is 0.0500. The lowest BCUT2D eigenvalue weighted by molar-refractivity contribution is -0.0503. The van der Waals surface area contributed by atoms with Gasteiger partial charge in [0.1, 0.15) is 23.0 Å². The second-order valence-electron chi connectivity index (χ2n) is 5.90. The molecule has 0 aliphatic carbocycles. The minimum absolute atomic E-state index is 0.113. The van der Waals surface area contributed by atoms with Crippen LogP contribution in [0.5, 0.6) is 23.0 Å². The van der Waals surface area contributed by atoms with E-state index < -0.39 is 5.79 Å². The third-order valence-corrected chi connectivity index (χ3v) is 4.49. The summed E-state index contributed by atoms with van der Waals surface area (Å²) in [7, 11) is 0. The Bertz CT molecular complexity index is 970. The Morgan fingerprint density at radius 2 is 1.30 bits per heavy atom. The number of phenolic OH excluding ortho intramolecular Hbond substituents is 2. The molecule has 0 spiro atoms. The van der Waals surface area contributed by atoms with Gasteiger partial charge >= 0.3 is 5.79 Å². The van der Waals surface area contributed by atoms with Crippen LogP contribution in [-0.4, -0.2) is 16.4 Å². The van der Waals surface area contributed by atoms with Crippen molar-refractivity contribution in [3.8, 4) is 23.0 Å². The Morgan fingerprint density at radius 3 is 1.81 bits per heavy atom. The number of benzene rings is 3. The third-order valence-electron chi connectivity index (χ3n) is 3.98. The Balaban J connectivity index is 1.81. The number of rotatable bonds is 4. The van der Waals surface area contributed by atoms with E-state index in [4.69, 9.17) is 32.7 Å². The van der Waals surface area contributed by atoms with Crippen molar-refractivity contribution in [1.82, 2.24) is 0 Å². The molecule has 136 valence electrons. The molecule has 5 nitrogen and oxygen atoms in total. The number of halogens is 2. The van der Waals surface area contributed by atoms with Gasteiger partial charge in [-0.3, -0.25) is 4.99 Å². The van der Waals surface area contributed by atoms with Crippen molar-refractivity contribution < 1.29 is 19.7 Å². The summed E-state index contributed by atoms with van der Waals surface area (Å²) in [5, 5.41) is 19.8. The largest absolute Gasteiger partial charge is 0.508 e. The maximum atomic E-state index is 9.50. The molecule has 2 N–H and O–H groups in total. The van der Waals surface area contributed by atoms with Crippen LogP contribution in [0.3, 0.4) is 0 Å². The van der Waals surface area contributed by atoms with E-state index in [0.717, 1.165) is 0 Å². The molecule has 0 bridgehead atoms. The SMILES string of the molecule is Oc1ccc(OC2(Oc3ccc(O)cc3)C=Nc3c(Cl)cc(Cl)cc32)cc1. The highest BCUT2D eigenvalue weighted by Gasteiger charge is 2.43. The second-order valence-corrected chi connectivity index (χ2v) is 6.75. The summed E-state index contributed by atoms with van der Waals surface area (Å²) in [5.41, 5.74) is 1.04.